The van der Waals surface area contributed by atoms with Gasteiger partial charge in [-0.2, -0.15) is 5.10 Å². The Bertz CT molecular complexity index is 987. The number of aromatic amines is 1. The van der Waals surface area contributed by atoms with Crippen molar-refractivity contribution >= 4 is 21.6 Å². The summed E-state index contributed by atoms with van der Waals surface area (Å²) in [6.07, 6.45) is 1.05. The Morgan fingerprint density at radius 3 is 2.65 bits per heavy atom. The van der Waals surface area contributed by atoms with Crippen LogP contribution in [0.3, 0.4) is 0 Å². The van der Waals surface area contributed by atoms with Crippen LogP contribution in [0.15, 0.2) is 53.4 Å². The molecule has 0 amide bonds. The van der Waals surface area contributed by atoms with Gasteiger partial charge in [0.05, 0.1) is 4.90 Å². The summed E-state index contributed by atoms with van der Waals surface area (Å²) in [4.78, 5) is 4.59. The van der Waals surface area contributed by atoms with Gasteiger partial charge >= 0.3 is 0 Å². The lowest BCUT2D eigenvalue weighted by molar-refractivity contribution is 0.580. The number of nitrogens with one attached hydrogen (secondary N) is 2. The highest BCUT2D eigenvalue weighted by molar-refractivity contribution is 7.89. The molecule has 3 rings (SSSR count). The monoisotopic (exact) mass is 390 g/mol. The zero-order chi connectivity index (χ0) is 18.6. The molecular formula is C18H19ClN4O2S. The van der Waals surface area contributed by atoms with Gasteiger partial charge in [-0.25, -0.2) is 18.1 Å². The van der Waals surface area contributed by atoms with E-state index in [4.69, 9.17) is 11.6 Å². The van der Waals surface area contributed by atoms with Crippen molar-refractivity contribution in [3.63, 3.8) is 0 Å². The van der Waals surface area contributed by atoms with E-state index in [0.717, 1.165) is 11.4 Å². The van der Waals surface area contributed by atoms with E-state index in [2.05, 4.69) is 19.9 Å². The number of rotatable bonds is 7. The fourth-order valence-corrected chi connectivity index (χ4v) is 4.10. The Kier molecular flexibility index (Phi) is 5.70. The van der Waals surface area contributed by atoms with E-state index in [1.807, 2.05) is 30.3 Å². The summed E-state index contributed by atoms with van der Waals surface area (Å²) in [5, 5.41) is 7.46. The minimum absolute atomic E-state index is 0.185. The van der Waals surface area contributed by atoms with Crippen LogP contribution in [0.4, 0.5) is 0 Å². The molecule has 0 unspecified atom stereocenters. The number of hydrogen-bond donors (Lipinski definition) is 2. The van der Waals surface area contributed by atoms with E-state index >= 15 is 0 Å². The predicted octanol–water partition coefficient (Wildman–Crippen LogP) is 2.88. The lowest BCUT2D eigenvalue weighted by atomic mass is 10.1. The highest BCUT2D eigenvalue weighted by Crippen LogP contribution is 2.22. The van der Waals surface area contributed by atoms with Crippen LogP contribution in [-0.4, -0.2) is 30.1 Å². The molecule has 0 bridgehead atoms. The Labute approximate surface area is 157 Å². The average molecular weight is 391 g/mol. The second-order valence-corrected chi connectivity index (χ2v) is 8.01. The highest BCUT2D eigenvalue weighted by atomic mass is 35.5. The topological polar surface area (TPSA) is 87.7 Å². The van der Waals surface area contributed by atoms with Crippen molar-refractivity contribution in [3.05, 3.63) is 76.3 Å². The largest absolute Gasteiger partial charge is 0.263 e. The van der Waals surface area contributed by atoms with Crippen LogP contribution in [0.5, 0.6) is 0 Å². The number of sulfonamides is 1. The first-order valence-corrected chi connectivity index (χ1v) is 10.0. The SMILES string of the molecule is Cc1c(Cl)cccc1S(=O)(=O)NCCc1n[nH]c(Cc2ccccc2)n1. The summed E-state index contributed by atoms with van der Waals surface area (Å²) in [5.74, 6) is 1.32. The molecule has 0 aliphatic carbocycles. The second kappa shape index (κ2) is 7.99. The summed E-state index contributed by atoms with van der Waals surface area (Å²) in [6, 6.07) is 14.8. The maximum absolute atomic E-state index is 12.4. The first-order valence-electron chi connectivity index (χ1n) is 8.14. The van der Waals surface area contributed by atoms with Gasteiger partial charge in [0.15, 0.2) is 5.82 Å². The zero-order valence-electron chi connectivity index (χ0n) is 14.2. The van der Waals surface area contributed by atoms with Crippen LogP contribution in [0, 0.1) is 6.92 Å². The predicted molar refractivity (Wildman–Crippen MR) is 101 cm³/mol. The Balaban J connectivity index is 1.59. The molecule has 0 fully saturated rings. The van der Waals surface area contributed by atoms with Gasteiger partial charge in [0.1, 0.15) is 5.82 Å². The van der Waals surface area contributed by atoms with E-state index in [9.17, 15) is 8.42 Å². The molecule has 2 aromatic carbocycles. The van der Waals surface area contributed by atoms with Gasteiger partial charge in [0.25, 0.3) is 0 Å². The van der Waals surface area contributed by atoms with Gasteiger partial charge in [0, 0.05) is 24.4 Å². The molecule has 0 saturated carbocycles. The number of benzene rings is 2. The van der Waals surface area contributed by atoms with E-state index in [1.54, 1.807) is 19.1 Å². The van der Waals surface area contributed by atoms with Crippen molar-refractivity contribution in [1.82, 2.24) is 19.9 Å². The van der Waals surface area contributed by atoms with Crippen molar-refractivity contribution in [2.45, 2.75) is 24.7 Å². The van der Waals surface area contributed by atoms with Gasteiger partial charge in [-0.1, -0.05) is 48.0 Å². The van der Waals surface area contributed by atoms with Gasteiger partial charge in [-0.15, -0.1) is 0 Å². The molecule has 6 nitrogen and oxygen atoms in total. The number of halogens is 1. The molecule has 1 aromatic heterocycles. The van der Waals surface area contributed by atoms with Crippen molar-refractivity contribution in [3.8, 4) is 0 Å². The van der Waals surface area contributed by atoms with E-state index in [-0.39, 0.29) is 11.4 Å². The number of H-pyrrole nitrogens is 1. The molecule has 136 valence electrons. The van der Waals surface area contributed by atoms with E-state index in [0.29, 0.717) is 29.3 Å². The Morgan fingerprint density at radius 1 is 1.12 bits per heavy atom. The minimum atomic E-state index is -3.63. The minimum Gasteiger partial charge on any atom is -0.263 e. The average Bonchev–Trinajstić information content (AvgIpc) is 3.05. The molecule has 0 atom stereocenters. The smallest absolute Gasteiger partial charge is 0.240 e. The standard InChI is InChI=1S/C18H19ClN4O2S/c1-13-15(19)8-5-9-16(13)26(24,25)20-11-10-17-21-18(23-22-17)12-14-6-3-2-4-7-14/h2-9,20H,10-12H2,1H3,(H,21,22,23). The summed E-state index contributed by atoms with van der Waals surface area (Å²) in [5.41, 5.74) is 1.66. The zero-order valence-corrected chi connectivity index (χ0v) is 15.8. The van der Waals surface area contributed by atoms with Crippen LogP contribution in [0.25, 0.3) is 0 Å². The van der Waals surface area contributed by atoms with Gasteiger partial charge in [0.2, 0.25) is 10.0 Å². The van der Waals surface area contributed by atoms with E-state index in [1.165, 1.54) is 6.07 Å². The quantitative estimate of drug-likeness (QED) is 0.649. The molecule has 0 radical (unpaired) electrons. The number of aromatic nitrogens is 3. The van der Waals surface area contributed by atoms with Crippen LogP contribution in [0.2, 0.25) is 5.02 Å². The molecular weight excluding hydrogens is 372 g/mol. The Morgan fingerprint density at radius 2 is 1.88 bits per heavy atom. The third-order valence-electron chi connectivity index (χ3n) is 3.94. The van der Waals surface area contributed by atoms with Crippen LogP contribution in [0.1, 0.15) is 22.8 Å². The van der Waals surface area contributed by atoms with Crippen LogP contribution >= 0.6 is 11.6 Å². The van der Waals surface area contributed by atoms with Crippen molar-refractivity contribution in [2.75, 3.05) is 6.54 Å². The van der Waals surface area contributed by atoms with E-state index < -0.39 is 10.0 Å². The lowest BCUT2D eigenvalue weighted by Crippen LogP contribution is -2.27. The third-order valence-corrected chi connectivity index (χ3v) is 5.96. The highest BCUT2D eigenvalue weighted by Gasteiger charge is 2.17. The van der Waals surface area contributed by atoms with Crippen LogP contribution < -0.4 is 4.72 Å². The molecule has 3 aromatic rings. The molecule has 1 heterocycles. The molecule has 2 N–H and O–H groups in total. The maximum Gasteiger partial charge on any atom is 0.240 e. The summed E-state index contributed by atoms with van der Waals surface area (Å²) < 4.78 is 27.4. The summed E-state index contributed by atoms with van der Waals surface area (Å²) in [6.45, 7) is 1.89. The Hall–Kier alpha value is -2.22. The first-order chi connectivity index (χ1) is 12.5. The van der Waals surface area contributed by atoms with Crippen molar-refractivity contribution < 1.29 is 8.42 Å². The van der Waals surface area contributed by atoms with Crippen molar-refractivity contribution in [2.24, 2.45) is 0 Å². The molecule has 26 heavy (non-hydrogen) atoms. The first kappa shape index (κ1) is 18.6. The molecule has 0 spiro atoms. The molecule has 0 aliphatic rings. The van der Waals surface area contributed by atoms with Gasteiger partial charge < -0.3 is 0 Å². The van der Waals surface area contributed by atoms with Gasteiger partial charge in [-0.05, 0) is 30.2 Å². The molecule has 0 aliphatic heterocycles. The van der Waals surface area contributed by atoms with Crippen molar-refractivity contribution in [1.29, 1.82) is 0 Å². The number of hydrogen-bond acceptors (Lipinski definition) is 4. The molecule has 8 heteroatoms. The van der Waals surface area contributed by atoms with Gasteiger partial charge in [-0.3, -0.25) is 5.10 Å². The van der Waals surface area contributed by atoms with Crippen LogP contribution in [-0.2, 0) is 22.9 Å². The summed E-state index contributed by atoms with van der Waals surface area (Å²) in [7, 11) is -3.63. The number of nitrogens with zero attached hydrogens (tertiary/aromatic N) is 2. The maximum atomic E-state index is 12.4. The normalized spacial score (nSPS) is 11.6. The molecule has 0 saturated heterocycles. The third kappa shape index (κ3) is 4.49. The fourth-order valence-electron chi connectivity index (χ4n) is 2.57. The fraction of sp³-hybridized carbons (Fsp3) is 0.222. The lowest BCUT2D eigenvalue weighted by Gasteiger charge is -2.09. The second-order valence-electron chi connectivity index (χ2n) is 5.87. The summed E-state index contributed by atoms with van der Waals surface area (Å²) >= 11 is 6.00.